The third kappa shape index (κ3) is 3.48. The van der Waals surface area contributed by atoms with Crippen LogP contribution in [0.4, 0.5) is 0 Å². The van der Waals surface area contributed by atoms with Crippen molar-refractivity contribution < 1.29 is 18.3 Å². The average molecular weight is 386 g/mol. The molecule has 0 heterocycles. The molecule has 0 fully saturated rings. The van der Waals surface area contributed by atoms with E-state index in [2.05, 4.69) is 15.9 Å². The number of hydrogen-bond acceptors (Lipinski definition) is 3. The normalized spacial score (nSPS) is 13.5. The van der Waals surface area contributed by atoms with Crippen LogP contribution in [0.25, 0.3) is 10.8 Å². The van der Waals surface area contributed by atoms with Gasteiger partial charge in [-0.25, -0.2) is 12.7 Å². The molecule has 0 radical (unpaired) electrons. The number of fused-ring (bicyclic) bond motifs is 1. The molecule has 0 aliphatic carbocycles. The lowest BCUT2D eigenvalue weighted by atomic mass is 10.1. The highest BCUT2D eigenvalue weighted by molar-refractivity contribution is 9.10. The fourth-order valence-corrected chi connectivity index (χ4v) is 3.77. The molecule has 7 heteroatoms. The Balaban J connectivity index is 2.36. The molecule has 0 spiro atoms. The maximum atomic E-state index is 12.5. The van der Waals surface area contributed by atoms with Crippen molar-refractivity contribution in [1.29, 1.82) is 0 Å². The molecule has 0 aliphatic heterocycles. The molecule has 1 atom stereocenters. The Morgan fingerprint density at radius 3 is 2.45 bits per heavy atom. The van der Waals surface area contributed by atoms with Crippen LogP contribution in [0.5, 0.6) is 0 Å². The van der Waals surface area contributed by atoms with E-state index in [1.165, 1.54) is 20.0 Å². The lowest BCUT2D eigenvalue weighted by molar-refractivity contribution is -0.141. The monoisotopic (exact) mass is 385 g/mol. The number of halogens is 1. The fraction of sp³-hybridized carbons (Fsp3) is 0.267. The van der Waals surface area contributed by atoms with E-state index in [0.29, 0.717) is 0 Å². The number of nitrogens with zero attached hydrogens (tertiary/aromatic N) is 1. The molecule has 2 aromatic carbocycles. The van der Waals surface area contributed by atoms with Crippen molar-refractivity contribution in [2.75, 3.05) is 13.6 Å². The Bertz CT molecular complexity index is 819. The second-order valence-corrected chi connectivity index (χ2v) is 8.14. The summed E-state index contributed by atoms with van der Waals surface area (Å²) >= 11 is 3.37. The third-order valence-electron chi connectivity index (χ3n) is 3.43. The summed E-state index contributed by atoms with van der Waals surface area (Å²) in [4.78, 5) is 11.0. The summed E-state index contributed by atoms with van der Waals surface area (Å²) in [6.45, 7) is 1.41. The molecule has 2 rings (SSSR count). The van der Waals surface area contributed by atoms with Gasteiger partial charge in [0.2, 0.25) is 10.0 Å². The van der Waals surface area contributed by atoms with Crippen molar-refractivity contribution in [2.45, 2.75) is 11.8 Å². The van der Waals surface area contributed by atoms with E-state index in [0.717, 1.165) is 19.6 Å². The first kappa shape index (κ1) is 16.9. The van der Waals surface area contributed by atoms with Crippen molar-refractivity contribution in [3.05, 3.63) is 40.9 Å². The van der Waals surface area contributed by atoms with Crippen LogP contribution in [0.1, 0.15) is 6.92 Å². The smallest absolute Gasteiger partial charge is 0.307 e. The second-order valence-electron chi connectivity index (χ2n) is 5.18. The summed E-state index contributed by atoms with van der Waals surface area (Å²) in [6.07, 6.45) is 0. The summed E-state index contributed by atoms with van der Waals surface area (Å²) in [5, 5.41) is 10.6. The molecule has 5 nitrogen and oxygen atoms in total. The van der Waals surface area contributed by atoms with Crippen LogP contribution in [-0.4, -0.2) is 37.4 Å². The minimum atomic E-state index is -3.71. The van der Waals surface area contributed by atoms with Gasteiger partial charge < -0.3 is 5.11 Å². The van der Waals surface area contributed by atoms with Crippen molar-refractivity contribution in [3.63, 3.8) is 0 Å². The van der Waals surface area contributed by atoms with Gasteiger partial charge >= 0.3 is 5.97 Å². The first-order valence-corrected chi connectivity index (χ1v) is 8.83. The Morgan fingerprint density at radius 1 is 1.23 bits per heavy atom. The van der Waals surface area contributed by atoms with Crippen LogP contribution in [-0.2, 0) is 14.8 Å². The number of sulfonamides is 1. The average Bonchev–Trinajstić information content (AvgIpc) is 2.46. The van der Waals surface area contributed by atoms with Gasteiger partial charge in [-0.15, -0.1) is 0 Å². The molecule has 0 aliphatic rings. The van der Waals surface area contributed by atoms with Gasteiger partial charge in [0.15, 0.2) is 0 Å². The molecule has 0 bridgehead atoms. The molecule has 0 saturated carbocycles. The molecule has 1 unspecified atom stereocenters. The highest BCUT2D eigenvalue weighted by atomic mass is 79.9. The molecule has 2 aromatic rings. The third-order valence-corrected chi connectivity index (χ3v) is 5.75. The largest absolute Gasteiger partial charge is 0.481 e. The summed E-state index contributed by atoms with van der Waals surface area (Å²) in [6, 6.07) is 10.4. The molecule has 0 amide bonds. The highest BCUT2D eigenvalue weighted by Gasteiger charge is 2.24. The van der Waals surface area contributed by atoms with Crippen molar-refractivity contribution in [3.8, 4) is 0 Å². The van der Waals surface area contributed by atoms with Gasteiger partial charge in [-0.3, -0.25) is 4.79 Å². The van der Waals surface area contributed by atoms with E-state index in [-0.39, 0.29) is 11.4 Å². The summed E-state index contributed by atoms with van der Waals surface area (Å²) in [5.41, 5.74) is 0. The van der Waals surface area contributed by atoms with Crippen LogP contribution >= 0.6 is 15.9 Å². The number of hydrogen-bond donors (Lipinski definition) is 1. The fourth-order valence-electron chi connectivity index (χ4n) is 2.10. The Kier molecular flexibility index (Phi) is 4.89. The summed E-state index contributed by atoms with van der Waals surface area (Å²) in [7, 11) is -2.32. The van der Waals surface area contributed by atoms with E-state index >= 15 is 0 Å². The molecule has 118 valence electrons. The molecule has 1 N–H and O–H groups in total. The van der Waals surface area contributed by atoms with Gasteiger partial charge in [-0.2, -0.15) is 0 Å². The van der Waals surface area contributed by atoms with Crippen molar-refractivity contribution in [2.24, 2.45) is 5.92 Å². The standard InChI is InChI=1S/C15H16BrNO4S/c1-10(15(18)19)9-17(2)22(20,21)14-6-4-11-7-13(16)5-3-12(11)8-14/h3-8,10H,9H2,1-2H3,(H,18,19). The number of carboxylic acids is 1. The predicted octanol–water partition coefficient (Wildman–Crippen LogP) is 2.94. The summed E-state index contributed by atoms with van der Waals surface area (Å²) < 4.78 is 27.0. The van der Waals surface area contributed by atoms with Gasteiger partial charge in [-0.05, 0) is 35.0 Å². The van der Waals surface area contributed by atoms with E-state index in [1.807, 2.05) is 18.2 Å². The molecule has 22 heavy (non-hydrogen) atoms. The number of rotatable bonds is 5. The van der Waals surface area contributed by atoms with Crippen molar-refractivity contribution in [1.82, 2.24) is 4.31 Å². The number of carbonyl (C=O) groups is 1. The van der Waals surface area contributed by atoms with E-state index in [1.54, 1.807) is 12.1 Å². The minimum absolute atomic E-state index is 0.0734. The first-order valence-electron chi connectivity index (χ1n) is 6.60. The number of benzene rings is 2. The van der Waals surface area contributed by atoms with E-state index in [9.17, 15) is 13.2 Å². The SMILES string of the molecule is CC(CN(C)S(=O)(=O)c1ccc2cc(Br)ccc2c1)C(=O)O. The van der Waals surface area contributed by atoms with Gasteiger partial charge in [0.25, 0.3) is 0 Å². The summed E-state index contributed by atoms with van der Waals surface area (Å²) in [5.74, 6) is -1.79. The Hall–Kier alpha value is -1.44. The highest BCUT2D eigenvalue weighted by Crippen LogP contribution is 2.24. The maximum Gasteiger partial charge on any atom is 0.307 e. The van der Waals surface area contributed by atoms with Crippen LogP contribution < -0.4 is 0 Å². The van der Waals surface area contributed by atoms with E-state index < -0.39 is 21.9 Å². The van der Waals surface area contributed by atoms with Crippen LogP contribution in [0.3, 0.4) is 0 Å². The number of aliphatic carboxylic acids is 1. The zero-order valence-electron chi connectivity index (χ0n) is 12.2. The Morgan fingerprint density at radius 2 is 1.82 bits per heavy atom. The van der Waals surface area contributed by atoms with E-state index in [4.69, 9.17) is 5.11 Å². The topological polar surface area (TPSA) is 74.7 Å². The number of carboxylic acid groups (broad SMARTS) is 1. The molecular weight excluding hydrogens is 370 g/mol. The molecule has 0 saturated heterocycles. The van der Waals surface area contributed by atoms with Crippen molar-refractivity contribution >= 4 is 42.7 Å². The molecular formula is C15H16BrNO4S. The van der Waals surface area contributed by atoms with Gasteiger partial charge in [-0.1, -0.05) is 35.0 Å². The maximum absolute atomic E-state index is 12.5. The lowest BCUT2D eigenvalue weighted by Crippen LogP contribution is -2.33. The van der Waals surface area contributed by atoms with Gasteiger partial charge in [0, 0.05) is 18.1 Å². The lowest BCUT2D eigenvalue weighted by Gasteiger charge is -2.19. The Labute approximate surface area is 137 Å². The first-order chi connectivity index (χ1) is 10.2. The predicted molar refractivity (Wildman–Crippen MR) is 88.3 cm³/mol. The van der Waals surface area contributed by atoms with Crippen LogP contribution in [0.2, 0.25) is 0 Å². The zero-order chi connectivity index (χ0) is 16.5. The zero-order valence-corrected chi connectivity index (χ0v) is 14.6. The van der Waals surface area contributed by atoms with Crippen LogP contribution in [0.15, 0.2) is 45.8 Å². The minimum Gasteiger partial charge on any atom is -0.481 e. The second kappa shape index (κ2) is 6.36. The van der Waals surface area contributed by atoms with Gasteiger partial charge in [0.1, 0.15) is 0 Å². The molecule has 0 aromatic heterocycles. The quantitative estimate of drug-likeness (QED) is 0.858. The van der Waals surface area contributed by atoms with Gasteiger partial charge in [0.05, 0.1) is 10.8 Å². The van der Waals surface area contributed by atoms with Crippen LogP contribution in [0, 0.1) is 5.92 Å².